The fourth-order valence-electron chi connectivity index (χ4n) is 4.53. The van der Waals surface area contributed by atoms with Crippen LogP contribution in [-0.2, 0) is 16.1 Å². The number of carbonyl (C=O) groups is 1. The lowest BCUT2D eigenvalue weighted by molar-refractivity contribution is -0.160. The van der Waals surface area contributed by atoms with Gasteiger partial charge in [-0.2, -0.15) is 0 Å². The van der Waals surface area contributed by atoms with E-state index in [0.29, 0.717) is 34.5 Å². The highest BCUT2D eigenvalue weighted by Crippen LogP contribution is 2.47. The quantitative estimate of drug-likeness (QED) is 0.601. The molecule has 2 aromatic carbocycles. The molecule has 1 aromatic heterocycles. The van der Waals surface area contributed by atoms with E-state index in [1.165, 1.54) is 17.0 Å². The molecule has 2 heterocycles. The van der Waals surface area contributed by atoms with Crippen molar-refractivity contribution in [3.8, 4) is 11.1 Å². The second-order valence-corrected chi connectivity index (χ2v) is 9.07. The number of aliphatic carboxylic acids is 1. The van der Waals surface area contributed by atoms with E-state index in [1.807, 2.05) is 13.0 Å². The number of nitrogens with zero attached hydrogens (tertiary/aromatic N) is 2. The van der Waals surface area contributed by atoms with E-state index in [2.05, 4.69) is 4.57 Å². The first-order valence-electron chi connectivity index (χ1n) is 11.8. The number of aryl methyl sites for hydroxylation is 1. The topological polar surface area (TPSA) is 54.7 Å². The van der Waals surface area contributed by atoms with Gasteiger partial charge in [-0.25, -0.2) is 9.18 Å². The summed E-state index contributed by atoms with van der Waals surface area (Å²) in [5.41, 5.74) is 3.53. The summed E-state index contributed by atoms with van der Waals surface area (Å²) in [5.74, 6) is -1.58. The van der Waals surface area contributed by atoms with Crippen molar-refractivity contribution >= 4 is 22.6 Å². The molecule has 1 aliphatic rings. The highest BCUT2D eigenvalue weighted by Gasteiger charge is 2.35. The molecule has 1 aliphatic heterocycles. The maximum Gasteiger partial charge on any atom is 0.337 e. The zero-order valence-corrected chi connectivity index (χ0v) is 18.4. The van der Waals surface area contributed by atoms with Crippen LogP contribution in [0.5, 0.6) is 0 Å². The molecule has 0 unspecified atom stereocenters. The second-order valence-electron chi connectivity index (χ2n) is 9.07. The van der Waals surface area contributed by atoms with Gasteiger partial charge in [-0.05, 0) is 69.5 Å². The molecule has 6 heteroatoms. The van der Waals surface area contributed by atoms with Crippen LogP contribution in [0.2, 0.25) is 0 Å². The molecule has 1 N–H and O–H groups in total. The number of rotatable bonds is 4. The largest absolute Gasteiger partial charge is 0.479 e. The van der Waals surface area contributed by atoms with Gasteiger partial charge in [-0.3, -0.25) is 0 Å². The van der Waals surface area contributed by atoms with Crippen LogP contribution in [0.25, 0.3) is 22.0 Å². The van der Waals surface area contributed by atoms with Gasteiger partial charge in [0.1, 0.15) is 5.82 Å². The van der Waals surface area contributed by atoms with Gasteiger partial charge in [0.2, 0.25) is 0 Å². The molecule has 5 nitrogen and oxygen atoms in total. The van der Waals surface area contributed by atoms with E-state index in [0.717, 1.165) is 16.6 Å². The first kappa shape index (κ1) is 17.8. The number of carboxylic acids is 1. The van der Waals surface area contributed by atoms with Crippen LogP contribution in [0.3, 0.4) is 0 Å². The zero-order valence-electron chi connectivity index (χ0n) is 21.4. The van der Waals surface area contributed by atoms with Gasteiger partial charge in [-0.15, -0.1) is 0 Å². The average molecular weight is 428 g/mol. The summed E-state index contributed by atoms with van der Waals surface area (Å²) in [6.45, 7) is 7.36. The SMILES string of the molecule is [2H]C([2H])([2H])N1CCn2c(C)cc3c(-c4ccc(F)cc4)c([C@H](OC(C)(C)C)C(=O)O)c(C)c1c32. The molecule has 164 valence electrons. The molecule has 0 bridgehead atoms. The van der Waals surface area contributed by atoms with Crippen molar-refractivity contribution in [1.82, 2.24) is 4.57 Å². The number of benzene rings is 2. The molecule has 1 atom stereocenters. The molecule has 0 aliphatic carbocycles. The first-order chi connectivity index (χ1) is 15.7. The summed E-state index contributed by atoms with van der Waals surface area (Å²) in [6, 6.07) is 7.84. The lowest BCUT2D eigenvalue weighted by Gasteiger charge is -2.34. The predicted molar refractivity (Wildman–Crippen MR) is 121 cm³/mol. The van der Waals surface area contributed by atoms with Crippen LogP contribution >= 0.6 is 0 Å². The van der Waals surface area contributed by atoms with Crippen molar-refractivity contribution in [3.63, 3.8) is 0 Å². The lowest BCUT2D eigenvalue weighted by Crippen LogP contribution is -2.31. The Kier molecular flexibility index (Phi) is 4.23. The molecular formula is C25H29FN2O3. The smallest absolute Gasteiger partial charge is 0.337 e. The summed E-state index contributed by atoms with van der Waals surface area (Å²) < 4.78 is 46.3. The van der Waals surface area contributed by atoms with Gasteiger partial charge < -0.3 is 19.3 Å². The minimum absolute atomic E-state index is 0.266. The van der Waals surface area contributed by atoms with Crippen LogP contribution in [-0.4, -0.2) is 34.8 Å². The normalized spacial score (nSPS) is 16.7. The Morgan fingerprint density at radius 3 is 2.48 bits per heavy atom. The van der Waals surface area contributed by atoms with Crippen LogP contribution in [0.4, 0.5) is 10.1 Å². The molecule has 0 amide bonds. The summed E-state index contributed by atoms with van der Waals surface area (Å²) in [7, 11) is 0. The summed E-state index contributed by atoms with van der Waals surface area (Å²) in [6.07, 6.45) is -1.36. The number of hydrogen-bond acceptors (Lipinski definition) is 3. The summed E-state index contributed by atoms with van der Waals surface area (Å²) >= 11 is 0. The monoisotopic (exact) mass is 427 g/mol. The number of likely N-dealkylation sites (N-methyl/N-ethyl adjacent to an activating group) is 1. The van der Waals surface area contributed by atoms with Gasteiger partial charge in [-0.1, -0.05) is 12.1 Å². The van der Waals surface area contributed by atoms with Crippen molar-refractivity contribution < 1.29 is 23.1 Å². The lowest BCUT2D eigenvalue weighted by atomic mass is 9.87. The maximum atomic E-state index is 13.8. The van der Waals surface area contributed by atoms with Crippen LogP contribution in [0.15, 0.2) is 30.3 Å². The second kappa shape index (κ2) is 7.38. The molecule has 0 fully saturated rings. The predicted octanol–water partition coefficient (Wildman–Crippen LogP) is 5.45. The third-order valence-corrected chi connectivity index (χ3v) is 5.73. The van der Waals surface area contributed by atoms with E-state index < -0.39 is 30.5 Å². The Balaban J connectivity index is 2.19. The number of anilines is 1. The molecule has 0 spiro atoms. The standard InChI is InChI=1S/C25H29FN2O3/c1-14-13-18-20(16-7-9-17(26)10-8-16)19(23(24(29)30)31-25(3,4)5)15(2)21-22(18)28(14)12-11-27(21)6/h7-10,13,23H,11-12H2,1-6H3,(H,29,30)/t23-/m0/s1/i6D3. The third kappa shape index (κ3) is 3.59. The average Bonchev–Trinajstić information content (AvgIpc) is 3.05. The Hall–Kier alpha value is -2.86. The Morgan fingerprint density at radius 1 is 1.23 bits per heavy atom. The van der Waals surface area contributed by atoms with Crippen molar-refractivity contribution in [3.05, 3.63) is 53.0 Å². The van der Waals surface area contributed by atoms with E-state index in [9.17, 15) is 14.3 Å². The fourth-order valence-corrected chi connectivity index (χ4v) is 4.53. The highest BCUT2D eigenvalue weighted by atomic mass is 19.1. The number of hydrogen-bond donors (Lipinski definition) is 1. The Labute approximate surface area is 186 Å². The molecule has 3 aromatic rings. The van der Waals surface area contributed by atoms with Crippen molar-refractivity contribution in [2.24, 2.45) is 0 Å². The first-order valence-corrected chi connectivity index (χ1v) is 10.3. The van der Waals surface area contributed by atoms with Crippen molar-refractivity contribution in [1.29, 1.82) is 0 Å². The van der Waals surface area contributed by atoms with Gasteiger partial charge in [0.25, 0.3) is 0 Å². The summed E-state index contributed by atoms with van der Waals surface area (Å²) in [5, 5.41) is 11.0. The molecule has 0 saturated carbocycles. The van der Waals surface area contributed by atoms with Crippen LogP contribution in [0.1, 0.15) is 47.8 Å². The molecule has 0 saturated heterocycles. The number of aromatic nitrogens is 1. The number of halogens is 1. The van der Waals surface area contributed by atoms with Crippen molar-refractivity contribution in [2.45, 2.75) is 52.9 Å². The minimum Gasteiger partial charge on any atom is -0.479 e. The van der Waals surface area contributed by atoms with Crippen molar-refractivity contribution in [2.75, 3.05) is 18.4 Å². The molecular weight excluding hydrogens is 395 g/mol. The number of ether oxygens (including phenoxy) is 1. The van der Waals surface area contributed by atoms with Crippen LogP contribution in [0, 0.1) is 19.7 Å². The van der Waals surface area contributed by atoms with E-state index in [4.69, 9.17) is 8.85 Å². The number of carboxylic acid groups (broad SMARTS) is 1. The Bertz CT molecular complexity index is 1270. The molecule has 31 heavy (non-hydrogen) atoms. The maximum absolute atomic E-state index is 13.8. The Morgan fingerprint density at radius 2 is 1.90 bits per heavy atom. The van der Waals surface area contributed by atoms with E-state index in [1.54, 1.807) is 39.8 Å². The van der Waals surface area contributed by atoms with Gasteiger partial charge >= 0.3 is 5.97 Å². The highest BCUT2D eigenvalue weighted by molar-refractivity contribution is 6.07. The summed E-state index contributed by atoms with van der Waals surface area (Å²) in [4.78, 5) is 13.9. The van der Waals surface area contributed by atoms with Gasteiger partial charge in [0, 0.05) is 40.8 Å². The third-order valence-electron chi connectivity index (χ3n) is 5.73. The molecule has 4 rings (SSSR count). The van der Waals surface area contributed by atoms with E-state index in [-0.39, 0.29) is 6.54 Å². The zero-order chi connectivity index (χ0) is 25.2. The van der Waals surface area contributed by atoms with Crippen LogP contribution < -0.4 is 4.90 Å². The fraction of sp³-hybridized carbons (Fsp3) is 0.400. The minimum atomic E-state index is -2.40. The van der Waals surface area contributed by atoms with Gasteiger partial charge in [0.15, 0.2) is 6.10 Å². The van der Waals surface area contributed by atoms with E-state index >= 15 is 0 Å². The van der Waals surface area contributed by atoms with Gasteiger partial charge in [0.05, 0.1) is 16.8 Å². The molecule has 0 radical (unpaired) electrons.